The molecule has 0 saturated heterocycles. The summed E-state index contributed by atoms with van der Waals surface area (Å²) in [5, 5.41) is 0. The number of nitrogens with zero attached hydrogens (tertiary/aromatic N) is 1. The number of aldehydes is 1. The molecule has 2 nitrogen and oxygen atoms in total. The van der Waals surface area contributed by atoms with Crippen molar-refractivity contribution in [2.24, 2.45) is 11.3 Å². The van der Waals surface area contributed by atoms with E-state index in [1.807, 2.05) is 7.05 Å². The second kappa shape index (κ2) is 5.72. The van der Waals surface area contributed by atoms with Gasteiger partial charge in [-0.2, -0.15) is 0 Å². The molecule has 1 aromatic rings. The van der Waals surface area contributed by atoms with Crippen LogP contribution in [0.3, 0.4) is 0 Å². The highest BCUT2D eigenvalue weighted by molar-refractivity contribution is 5.62. The van der Waals surface area contributed by atoms with Crippen molar-refractivity contribution in [2.45, 2.75) is 32.6 Å². The summed E-state index contributed by atoms with van der Waals surface area (Å²) < 4.78 is 12.9. The van der Waals surface area contributed by atoms with Crippen molar-refractivity contribution in [3.05, 3.63) is 30.1 Å². The Balaban J connectivity index is 2.09. The van der Waals surface area contributed by atoms with E-state index in [1.54, 1.807) is 12.1 Å². The van der Waals surface area contributed by atoms with Gasteiger partial charge in [-0.05, 0) is 43.0 Å². The molecular weight excluding hydrogens is 241 g/mol. The zero-order chi connectivity index (χ0) is 13.9. The molecule has 2 rings (SSSR count). The van der Waals surface area contributed by atoms with Gasteiger partial charge in [0.25, 0.3) is 0 Å². The average Bonchev–Trinajstić information content (AvgIpc) is 2.39. The van der Waals surface area contributed by atoms with Crippen molar-refractivity contribution in [2.75, 3.05) is 18.5 Å². The third kappa shape index (κ3) is 3.34. The van der Waals surface area contributed by atoms with E-state index in [9.17, 15) is 9.18 Å². The molecule has 0 radical (unpaired) electrons. The van der Waals surface area contributed by atoms with Gasteiger partial charge in [-0.3, -0.25) is 0 Å². The minimum Gasteiger partial charge on any atom is -0.374 e. The predicted molar refractivity (Wildman–Crippen MR) is 75.8 cm³/mol. The fourth-order valence-corrected chi connectivity index (χ4v) is 3.25. The molecule has 2 unspecified atom stereocenters. The number of carbonyl (C=O) groups is 1. The third-order valence-electron chi connectivity index (χ3n) is 4.20. The summed E-state index contributed by atoms with van der Waals surface area (Å²) in [6.07, 6.45) is 5.41. The fourth-order valence-electron chi connectivity index (χ4n) is 3.25. The van der Waals surface area contributed by atoms with Crippen LogP contribution >= 0.6 is 0 Å². The van der Waals surface area contributed by atoms with E-state index in [2.05, 4.69) is 11.8 Å². The highest BCUT2D eigenvalue weighted by Gasteiger charge is 2.35. The second-order valence-electron chi connectivity index (χ2n) is 6.01. The zero-order valence-corrected chi connectivity index (χ0v) is 11.7. The first-order valence-corrected chi connectivity index (χ1v) is 6.98. The van der Waals surface area contributed by atoms with Crippen LogP contribution in [-0.2, 0) is 4.79 Å². The summed E-state index contributed by atoms with van der Waals surface area (Å²) in [4.78, 5) is 13.6. The van der Waals surface area contributed by atoms with Crippen molar-refractivity contribution in [1.29, 1.82) is 0 Å². The number of benzene rings is 1. The highest BCUT2D eigenvalue weighted by Crippen LogP contribution is 2.38. The summed E-state index contributed by atoms with van der Waals surface area (Å²) in [7, 11) is 1.97. The number of hydrogen-bond donors (Lipinski definition) is 0. The maximum Gasteiger partial charge on any atom is 0.127 e. The normalized spacial score (nSPS) is 27.0. The van der Waals surface area contributed by atoms with Gasteiger partial charge in [-0.15, -0.1) is 0 Å². The van der Waals surface area contributed by atoms with E-state index in [0.717, 1.165) is 31.2 Å². The maximum atomic E-state index is 12.9. The Morgan fingerprint density at radius 1 is 1.42 bits per heavy atom. The summed E-state index contributed by atoms with van der Waals surface area (Å²) in [5.74, 6) is 0.383. The summed E-state index contributed by atoms with van der Waals surface area (Å²) in [6, 6.07) is 6.45. The summed E-state index contributed by atoms with van der Waals surface area (Å²) in [6.45, 7) is 2.93. The van der Waals surface area contributed by atoms with Crippen LogP contribution in [0.1, 0.15) is 32.6 Å². The number of halogens is 1. The Labute approximate surface area is 114 Å². The molecule has 104 valence electrons. The Morgan fingerprint density at radius 3 is 2.68 bits per heavy atom. The van der Waals surface area contributed by atoms with Crippen LogP contribution in [0.5, 0.6) is 0 Å². The number of hydrogen-bond acceptors (Lipinski definition) is 2. The quantitative estimate of drug-likeness (QED) is 0.773. The molecule has 0 bridgehead atoms. The Bertz CT molecular complexity index is 431. The largest absolute Gasteiger partial charge is 0.374 e. The van der Waals surface area contributed by atoms with Gasteiger partial charge in [-0.1, -0.05) is 19.8 Å². The molecule has 0 aromatic heterocycles. The van der Waals surface area contributed by atoms with Gasteiger partial charge in [0, 0.05) is 24.7 Å². The van der Waals surface area contributed by atoms with Crippen LogP contribution in [0.15, 0.2) is 24.3 Å². The van der Waals surface area contributed by atoms with E-state index in [-0.39, 0.29) is 11.2 Å². The standard InChI is InChI=1S/C16H22FNO/c1-13-4-3-9-16(10-13,12-19)11-18(2)15-7-5-14(17)6-8-15/h5-8,12-13H,3-4,9-11H2,1-2H3. The number of anilines is 1. The topological polar surface area (TPSA) is 20.3 Å². The lowest BCUT2D eigenvalue weighted by molar-refractivity contribution is -0.118. The maximum absolute atomic E-state index is 12.9. The first-order valence-electron chi connectivity index (χ1n) is 6.98. The Morgan fingerprint density at radius 2 is 2.11 bits per heavy atom. The van der Waals surface area contributed by atoms with Gasteiger partial charge >= 0.3 is 0 Å². The molecule has 0 aliphatic heterocycles. The lowest BCUT2D eigenvalue weighted by Gasteiger charge is -2.39. The first kappa shape index (κ1) is 14.0. The lowest BCUT2D eigenvalue weighted by Crippen LogP contribution is -2.40. The number of rotatable bonds is 4. The molecule has 3 heteroatoms. The molecule has 1 fully saturated rings. The van der Waals surface area contributed by atoms with Crippen molar-refractivity contribution >= 4 is 12.0 Å². The van der Waals surface area contributed by atoms with Crippen molar-refractivity contribution in [3.63, 3.8) is 0 Å². The third-order valence-corrected chi connectivity index (χ3v) is 4.20. The second-order valence-corrected chi connectivity index (χ2v) is 6.01. The average molecular weight is 263 g/mol. The molecule has 0 amide bonds. The highest BCUT2D eigenvalue weighted by atomic mass is 19.1. The van der Waals surface area contributed by atoms with E-state index >= 15 is 0 Å². The molecule has 19 heavy (non-hydrogen) atoms. The van der Waals surface area contributed by atoms with Gasteiger partial charge in [0.1, 0.15) is 12.1 Å². The van der Waals surface area contributed by atoms with Crippen molar-refractivity contribution in [1.82, 2.24) is 0 Å². The molecule has 2 atom stereocenters. The van der Waals surface area contributed by atoms with Gasteiger partial charge in [0.2, 0.25) is 0 Å². The van der Waals surface area contributed by atoms with Crippen molar-refractivity contribution in [3.8, 4) is 0 Å². The van der Waals surface area contributed by atoms with Crippen LogP contribution in [0, 0.1) is 17.2 Å². The SMILES string of the molecule is CC1CCCC(C=O)(CN(C)c2ccc(F)cc2)C1. The van der Waals surface area contributed by atoms with E-state index in [4.69, 9.17) is 0 Å². The van der Waals surface area contributed by atoms with Gasteiger partial charge < -0.3 is 9.69 Å². The summed E-state index contributed by atoms with van der Waals surface area (Å²) >= 11 is 0. The van der Waals surface area contributed by atoms with E-state index in [0.29, 0.717) is 12.5 Å². The van der Waals surface area contributed by atoms with Gasteiger partial charge in [0.15, 0.2) is 0 Å². The summed E-state index contributed by atoms with van der Waals surface area (Å²) in [5.41, 5.74) is 0.724. The molecule has 0 heterocycles. The first-order chi connectivity index (χ1) is 9.04. The molecule has 1 aliphatic rings. The fraction of sp³-hybridized carbons (Fsp3) is 0.562. The minimum atomic E-state index is -0.235. The van der Waals surface area contributed by atoms with Crippen LogP contribution in [-0.4, -0.2) is 19.9 Å². The predicted octanol–water partition coefficient (Wildman–Crippen LogP) is 3.66. The molecule has 1 saturated carbocycles. The van der Waals surface area contributed by atoms with Gasteiger partial charge in [0.05, 0.1) is 0 Å². The van der Waals surface area contributed by atoms with Crippen LogP contribution in [0.2, 0.25) is 0 Å². The molecule has 1 aliphatic carbocycles. The molecule has 1 aromatic carbocycles. The van der Waals surface area contributed by atoms with Gasteiger partial charge in [-0.25, -0.2) is 4.39 Å². The van der Waals surface area contributed by atoms with Crippen LogP contribution in [0.4, 0.5) is 10.1 Å². The zero-order valence-electron chi connectivity index (χ0n) is 11.7. The molecule has 0 N–H and O–H groups in total. The van der Waals surface area contributed by atoms with Crippen molar-refractivity contribution < 1.29 is 9.18 Å². The van der Waals surface area contributed by atoms with E-state index in [1.165, 1.54) is 18.6 Å². The Hall–Kier alpha value is -1.38. The monoisotopic (exact) mass is 263 g/mol. The smallest absolute Gasteiger partial charge is 0.127 e. The van der Waals surface area contributed by atoms with E-state index < -0.39 is 0 Å². The van der Waals surface area contributed by atoms with Crippen LogP contribution in [0.25, 0.3) is 0 Å². The van der Waals surface area contributed by atoms with Crippen LogP contribution < -0.4 is 4.90 Å². The minimum absolute atomic E-state index is 0.228. The lowest BCUT2D eigenvalue weighted by atomic mass is 9.70. The Kier molecular flexibility index (Phi) is 4.23. The molecule has 0 spiro atoms. The number of carbonyl (C=O) groups excluding carboxylic acids is 1. The molecular formula is C16H22FNO.